The second-order valence-corrected chi connectivity index (χ2v) is 6.51. The van der Waals surface area contributed by atoms with Crippen molar-refractivity contribution < 1.29 is 0 Å². The van der Waals surface area contributed by atoms with E-state index in [2.05, 4.69) is 28.8 Å². The van der Waals surface area contributed by atoms with Gasteiger partial charge in [0.1, 0.15) is 5.82 Å². The van der Waals surface area contributed by atoms with Gasteiger partial charge in [0, 0.05) is 12.0 Å². The smallest absolute Gasteiger partial charge is 0.113 e. The molecule has 1 aromatic heterocycles. The molecule has 0 amide bonds. The van der Waals surface area contributed by atoms with Crippen molar-refractivity contribution in [1.29, 1.82) is 0 Å². The summed E-state index contributed by atoms with van der Waals surface area (Å²) in [4.78, 5) is 4.98. The highest BCUT2D eigenvalue weighted by atomic mass is 15.1. The molecule has 0 radical (unpaired) electrons. The molecule has 0 bridgehead atoms. The lowest BCUT2D eigenvalue weighted by atomic mass is 9.81. The van der Waals surface area contributed by atoms with Gasteiger partial charge in [-0.25, -0.2) is 4.98 Å². The lowest BCUT2D eigenvalue weighted by molar-refractivity contribution is 0.321. The summed E-state index contributed by atoms with van der Waals surface area (Å²) in [6, 6.07) is 9.34. The van der Waals surface area contributed by atoms with Crippen LogP contribution in [0.1, 0.15) is 56.3 Å². The summed E-state index contributed by atoms with van der Waals surface area (Å²) in [6.45, 7) is 0.853. The third-order valence-electron chi connectivity index (χ3n) is 5.08. The molecular weight excluding hydrogens is 246 g/mol. The average molecular weight is 269 g/mol. The lowest BCUT2D eigenvalue weighted by Crippen LogP contribution is -2.22. The zero-order chi connectivity index (χ0) is 13.5. The minimum absolute atomic E-state index is 0.644. The van der Waals surface area contributed by atoms with E-state index >= 15 is 0 Å². The fourth-order valence-electron chi connectivity index (χ4n) is 3.72. The summed E-state index contributed by atoms with van der Waals surface area (Å²) in [5.41, 5.74) is 8.33. The molecule has 2 fully saturated rings. The minimum Gasteiger partial charge on any atom is -0.330 e. The van der Waals surface area contributed by atoms with Gasteiger partial charge in [-0.3, -0.25) is 0 Å². The van der Waals surface area contributed by atoms with E-state index < -0.39 is 0 Å². The molecular formula is C17H23N3. The number of para-hydroxylation sites is 2. The van der Waals surface area contributed by atoms with E-state index in [4.69, 9.17) is 10.7 Å². The molecule has 0 spiro atoms. The predicted octanol–water partition coefficient (Wildman–Crippen LogP) is 3.60. The van der Waals surface area contributed by atoms with Crippen molar-refractivity contribution in [3.8, 4) is 0 Å². The molecule has 0 atom stereocenters. The number of aromatic nitrogens is 2. The van der Waals surface area contributed by atoms with Crippen LogP contribution in [0.2, 0.25) is 0 Å². The van der Waals surface area contributed by atoms with Gasteiger partial charge < -0.3 is 10.3 Å². The number of imidazole rings is 1. The molecule has 2 aliphatic rings. The molecule has 1 aromatic carbocycles. The Balaban J connectivity index is 1.70. The van der Waals surface area contributed by atoms with Crippen molar-refractivity contribution in [3.05, 3.63) is 30.1 Å². The monoisotopic (exact) mass is 269 g/mol. The molecule has 3 heteroatoms. The van der Waals surface area contributed by atoms with E-state index in [-0.39, 0.29) is 0 Å². The van der Waals surface area contributed by atoms with Crippen LogP contribution in [0.25, 0.3) is 11.0 Å². The van der Waals surface area contributed by atoms with Gasteiger partial charge in [0.2, 0.25) is 0 Å². The SMILES string of the molecule is NCC1CCC(c2nc3ccccc3n2C2CC2)CC1. The van der Waals surface area contributed by atoms with Crippen LogP contribution in [0.5, 0.6) is 0 Å². The van der Waals surface area contributed by atoms with Crippen molar-refractivity contribution in [2.75, 3.05) is 6.54 Å². The summed E-state index contributed by atoms with van der Waals surface area (Å²) in [5, 5.41) is 0. The Hall–Kier alpha value is -1.35. The zero-order valence-corrected chi connectivity index (χ0v) is 12.0. The Morgan fingerprint density at radius 2 is 1.80 bits per heavy atom. The largest absolute Gasteiger partial charge is 0.330 e. The molecule has 4 rings (SSSR count). The van der Waals surface area contributed by atoms with Crippen LogP contribution in [0.4, 0.5) is 0 Å². The van der Waals surface area contributed by atoms with Gasteiger partial charge in [-0.05, 0) is 63.1 Å². The van der Waals surface area contributed by atoms with E-state index in [1.165, 1.54) is 55.4 Å². The third-order valence-corrected chi connectivity index (χ3v) is 5.08. The van der Waals surface area contributed by atoms with Crippen LogP contribution in [-0.4, -0.2) is 16.1 Å². The third kappa shape index (κ3) is 2.05. The summed E-state index contributed by atoms with van der Waals surface area (Å²) in [7, 11) is 0. The van der Waals surface area contributed by atoms with Crippen LogP contribution in [-0.2, 0) is 0 Å². The van der Waals surface area contributed by atoms with Gasteiger partial charge in [0.05, 0.1) is 11.0 Å². The molecule has 2 saturated carbocycles. The Kier molecular flexibility index (Phi) is 3.03. The van der Waals surface area contributed by atoms with E-state index in [1.807, 2.05) is 0 Å². The highest BCUT2D eigenvalue weighted by molar-refractivity contribution is 5.76. The molecule has 2 N–H and O–H groups in total. The number of fused-ring (bicyclic) bond motifs is 1. The molecule has 2 aromatic rings. The van der Waals surface area contributed by atoms with Crippen LogP contribution < -0.4 is 5.73 Å². The molecule has 20 heavy (non-hydrogen) atoms. The van der Waals surface area contributed by atoms with Crippen LogP contribution in [0.3, 0.4) is 0 Å². The lowest BCUT2D eigenvalue weighted by Gasteiger charge is -2.27. The molecule has 0 saturated heterocycles. The van der Waals surface area contributed by atoms with Crippen molar-refractivity contribution in [3.63, 3.8) is 0 Å². The normalized spacial score (nSPS) is 27.1. The molecule has 106 valence electrons. The Labute approximate surface area is 120 Å². The first kappa shape index (κ1) is 12.4. The van der Waals surface area contributed by atoms with Crippen LogP contribution in [0, 0.1) is 5.92 Å². The molecule has 1 heterocycles. The second kappa shape index (κ2) is 4.88. The molecule has 2 aliphatic carbocycles. The molecule has 0 aliphatic heterocycles. The van der Waals surface area contributed by atoms with Gasteiger partial charge >= 0.3 is 0 Å². The fraction of sp³-hybridized carbons (Fsp3) is 0.588. The highest BCUT2D eigenvalue weighted by Crippen LogP contribution is 2.43. The van der Waals surface area contributed by atoms with Gasteiger partial charge in [-0.15, -0.1) is 0 Å². The van der Waals surface area contributed by atoms with E-state index in [0.29, 0.717) is 12.0 Å². The van der Waals surface area contributed by atoms with Crippen LogP contribution in [0.15, 0.2) is 24.3 Å². The Morgan fingerprint density at radius 1 is 1.05 bits per heavy atom. The average Bonchev–Trinajstić information content (AvgIpc) is 3.27. The molecule has 0 unspecified atom stereocenters. The maximum atomic E-state index is 5.82. The summed E-state index contributed by atoms with van der Waals surface area (Å²) in [6.07, 6.45) is 7.72. The van der Waals surface area contributed by atoms with E-state index in [9.17, 15) is 0 Å². The molecule has 3 nitrogen and oxygen atoms in total. The van der Waals surface area contributed by atoms with Gasteiger partial charge in [0.15, 0.2) is 0 Å². The number of rotatable bonds is 3. The van der Waals surface area contributed by atoms with Gasteiger partial charge in [0.25, 0.3) is 0 Å². The van der Waals surface area contributed by atoms with Crippen molar-refractivity contribution in [1.82, 2.24) is 9.55 Å². The fourth-order valence-corrected chi connectivity index (χ4v) is 3.72. The van der Waals surface area contributed by atoms with E-state index in [0.717, 1.165) is 12.5 Å². The summed E-state index contributed by atoms with van der Waals surface area (Å²) in [5.74, 6) is 2.74. The van der Waals surface area contributed by atoms with Gasteiger partial charge in [-0.1, -0.05) is 12.1 Å². The summed E-state index contributed by atoms with van der Waals surface area (Å²) >= 11 is 0. The van der Waals surface area contributed by atoms with Crippen molar-refractivity contribution in [2.45, 2.75) is 50.5 Å². The standard InChI is InChI=1S/C17H23N3/c18-11-12-5-7-13(8-6-12)17-19-15-3-1-2-4-16(15)20(17)14-9-10-14/h1-4,12-14H,5-11,18H2. The maximum Gasteiger partial charge on any atom is 0.113 e. The number of benzene rings is 1. The number of hydrogen-bond donors (Lipinski definition) is 1. The second-order valence-electron chi connectivity index (χ2n) is 6.51. The number of nitrogens with zero attached hydrogens (tertiary/aromatic N) is 2. The first-order valence-corrected chi connectivity index (χ1v) is 8.03. The zero-order valence-electron chi connectivity index (χ0n) is 12.0. The van der Waals surface area contributed by atoms with Gasteiger partial charge in [-0.2, -0.15) is 0 Å². The Morgan fingerprint density at radius 3 is 2.50 bits per heavy atom. The Bertz CT molecular complexity index is 604. The topological polar surface area (TPSA) is 43.8 Å². The van der Waals surface area contributed by atoms with Crippen molar-refractivity contribution >= 4 is 11.0 Å². The van der Waals surface area contributed by atoms with Crippen molar-refractivity contribution in [2.24, 2.45) is 11.7 Å². The van der Waals surface area contributed by atoms with E-state index in [1.54, 1.807) is 0 Å². The highest BCUT2D eigenvalue weighted by Gasteiger charge is 2.32. The summed E-state index contributed by atoms with van der Waals surface area (Å²) < 4.78 is 2.54. The predicted molar refractivity (Wildman–Crippen MR) is 81.8 cm³/mol. The number of nitrogens with two attached hydrogens (primary N) is 1. The first-order valence-electron chi connectivity index (χ1n) is 8.03. The quantitative estimate of drug-likeness (QED) is 0.925. The minimum atomic E-state index is 0.644. The number of hydrogen-bond acceptors (Lipinski definition) is 2. The first-order chi connectivity index (χ1) is 9.86. The van der Waals surface area contributed by atoms with Crippen LogP contribution >= 0.6 is 0 Å². The maximum absolute atomic E-state index is 5.82.